The van der Waals surface area contributed by atoms with Crippen LogP contribution < -0.4 is 0 Å². The maximum atomic E-state index is 13.0. The molecule has 2 heterocycles. The van der Waals surface area contributed by atoms with E-state index in [0.717, 1.165) is 33.4 Å². The van der Waals surface area contributed by atoms with Gasteiger partial charge < -0.3 is 29.2 Å². The molecule has 9 nitrogen and oxygen atoms in total. The van der Waals surface area contributed by atoms with Crippen LogP contribution in [0.3, 0.4) is 0 Å². The van der Waals surface area contributed by atoms with Crippen LogP contribution in [0.1, 0.15) is 170 Å². The van der Waals surface area contributed by atoms with Gasteiger partial charge in [-0.2, -0.15) is 0 Å². The van der Waals surface area contributed by atoms with Crippen molar-refractivity contribution in [3.63, 3.8) is 0 Å². The minimum absolute atomic E-state index is 0.121. The van der Waals surface area contributed by atoms with Crippen molar-refractivity contribution in [3.05, 3.63) is 57.6 Å². The largest absolute Gasteiger partial charge is 0.507 e. The fraction of sp³-hybridized carbons (Fsp3) is 0.708. The van der Waals surface area contributed by atoms with E-state index in [9.17, 15) is 19.8 Å². The molecule has 4 rings (SSSR count). The molecule has 9 heteroatoms. The molecule has 2 aliphatic rings. The second kappa shape index (κ2) is 16.5. The Labute approximate surface area is 344 Å². The summed E-state index contributed by atoms with van der Waals surface area (Å²) in [6.45, 7) is 35.0. The van der Waals surface area contributed by atoms with Crippen molar-refractivity contribution >= 4 is 11.9 Å². The number of likely N-dealkylation sites (tertiary alicyclic amines) is 1. The van der Waals surface area contributed by atoms with Crippen LogP contribution >= 0.6 is 0 Å². The van der Waals surface area contributed by atoms with E-state index in [0.29, 0.717) is 50.3 Å². The van der Waals surface area contributed by atoms with Crippen LogP contribution in [0.5, 0.6) is 11.5 Å². The molecule has 0 aromatic heterocycles. The standard InChI is InChI=1S/C48H75NO8/c1-42(2,3)34-23-31(24-35(40(34)52)43(4,5)6)17-19-38(50)54-22-21-49-46(13,14)29-48(30-47(49,15)16)56-28-33(57-48)27-55-39(51)20-18-32-25-36(44(7,8)9)41(53)37(26-32)45(10,11)12/h23-26,33,52-53H,17-22,27-30H2,1-16H3. The van der Waals surface area contributed by atoms with Gasteiger partial charge in [0.1, 0.15) is 30.8 Å². The van der Waals surface area contributed by atoms with Crippen LogP contribution in [-0.4, -0.2) is 76.4 Å². The number of carbonyl (C=O) groups excluding carboxylic acids is 2. The quantitative estimate of drug-likeness (QED) is 0.215. The van der Waals surface area contributed by atoms with E-state index >= 15 is 0 Å². The summed E-state index contributed by atoms with van der Waals surface area (Å²) in [6.07, 6.45) is 2.39. The fourth-order valence-corrected chi connectivity index (χ4v) is 8.92. The molecular formula is C48H75NO8. The third-order valence-corrected chi connectivity index (χ3v) is 11.6. The minimum Gasteiger partial charge on any atom is -0.507 e. The molecule has 0 bridgehead atoms. The van der Waals surface area contributed by atoms with Crippen molar-refractivity contribution < 1.29 is 38.7 Å². The molecular weight excluding hydrogens is 719 g/mol. The molecule has 320 valence electrons. The van der Waals surface area contributed by atoms with Gasteiger partial charge in [0.15, 0.2) is 5.79 Å². The number of hydrogen-bond donors (Lipinski definition) is 2. The lowest BCUT2D eigenvalue weighted by atomic mass is 9.76. The molecule has 1 unspecified atom stereocenters. The monoisotopic (exact) mass is 794 g/mol. The van der Waals surface area contributed by atoms with Crippen molar-refractivity contribution in [2.75, 3.05) is 26.4 Å². The molecule has 2 aromatic carbocycles. The first kappa shape index (κ1) is 46.5. The van der Waals surface area contributed by atoms with Gasteiger partial charge in [0.25, 0.3) is 0 Å². The third-order valence-electron chi connectivity index (χ3n) is 11.6. The number of carbonyl (C=O) groups is 2. The summed E-state index contributed by atoms with van der Waals surface area (Å²) in [5.41, 5.74) is 3.93. The number of phenols is 2. The lowest BCUT2D eigenvalue weighted by molar-refractivity contribution is -0.249. The summed E-state index contributed by atoms with van der Waals surface area (Å²) < 4.78 is 24.5. The number of rotatable bonds is 11. The second-order valence-electron chi connectivity index (χ2n) is 22.1. The number of benzene rings is 2. The highest BCUT2D eigenvalue weighted by atomic mass is 16.8. The number of esters is 2. The van der Waals surface area contributed by atoms with Gasteiger partial charge in [-0.3, -0.25) is 14.5 Å². The predicted molar refractivity (Wildman–Crippen MR) is 227 cm³/mol. The van der Waals surface area contributed by atoms with E-state index < -0.39 is 5.79 Å². The zero-order chi connectivity index (χ0) is 43.2. The average Bonchev–Trinajstić information content (AvgIpc) is 3.41. The summed E-state index contributed by atoms with van der Waals surface area (Å²) in [5, 5.41) is 22.2. The van der Waals surface area contributed by atoms with Crippen LogP contribution in [-0.2, 0) is 63.0 Å². The molecule has 2 saturated heterocycles. The zero-order valence-electron chi connectivity index (χ0n) is 38.2. The van der Waals surface area contributed by atoms with Crippen molar-refractivity contribution in [1.29, 1.82) is 0 Å². The molecule has 0 amide bonds. The maximum Gasteiger partial charge on any atom is 0.306 e. The highest BCUT2D eigenvalue weighted by Crippen LogP contribution is 2.48. The van der Waals surface area contributed by atoms with E-state index in [1.54, 1.807) is 0 Å². The zero-order valence-corrected chi connectivity index (χ0v) is 38.2. The Morgan fingerprint density at radius 1 is 0.667 bits per heavy atom. The van der Waals surface area contributed by atoms with Crippen molar-refractivity contribution in [3.8, 4) is 11.5 Å². The fourth-order valence-electron chi connectivity index (χ4n) is 8.92. The molecule has 0 aliphatic carbocycles. The molecule has 2 fully saturated rings. The van der Waals surface area contributed by atoms with Crippen molar-refractivity contribution in [2.24, 2.45) is 0 Å². The highest BCUT2D eigenvalue weighted by Gasteiger charge is 2.56. The smallest absolute Gasteiger partial charge is 0.306 e. The normalized spacial score (nSPS) is 19.8. The van der Waals surface area contributed by atoms with Crippen LogP contribution in [0.2, 0.25) is 0 Å². The van der Waals surface area contributed by atoms with Gasteiger partial charge in [0.05, 0.1) is 6.61 Å². The molecule has 0 saturated carbocycles. The van der Waals surface area contributed by atoms with E-state index in [1.165, 1.54) is 0 Å². The molecule has 1 spiro atoms. The number of ether oxygens (including phenoxy) is 4. The number of phenolic OH excluding ortho intramolecular Hbond substituents is 2. The van der Waals surface area contributed by atoms with Gasteiger partial charge in [0.2, 0.25) is 0 Å². The molecule has 0 radical (unpaired) electrons. The number of hydrogen-bond acceptors (Lipinski definition) is 9. The number of piperidine rings is 1. The van der Waals surface area contributed by atoms with Crippen LogP contribution in [0.15, 0.2) is 24.3 Å². The van der Waals surface area contributed by atoms with Gasteiger partial charge in [-0.15, -0.1) is 0 Å². The van der Waals surface area contributed by atoms with Gasteiger partial charge in [-0.1, -0.05) is 107 Å². The molecule has 1 atom stereocenters. The van der Waals surface area contributed by atoms with Crippen molar-refractivity contribution in [1.82, 2.24) is 4.90 Å². The Kier molecular flexibility index (Phi) is 13.5. The second-order valence-corrected chi connectivity index (χ2v) is 22.1. The van der Waals surface area contributed by atoms with Crippen LogP contribution in [0.25, 0.3) is 0 Å². The summed E-state index contributed by atoms with van der Waals surface area (Å²) in [5.74, 6) is -0.673. The Morgan fingerprint density at radius 3 is 1.40 bits per heavy atom. The van der Waals surface area contributed by atoms with Crippen LogP contribution in [0, 0.1) is 0 Å². The average molecular weight is 794 g/mol. The van der Waals surface area contributed by atoms with E-state index in [2.05, 4.69) is 116 Å². The Hall–Kier alpha value is -3.14. The Morgan fingerprint density at radius 2 is 1.04 bits per heavy atom. The van der Waals surface area contributed by atoms with E-state index in [4.69, 9.17) is 18.9 Å². The maximum absolute atomic E-state index is 13.0. The SMILES string of the molecule is CC(C)(C)c1cc(CCC(=O)OCCN2C(C)(C)CC3(CC2(C)C)OCC(COC(=O)CCc2cc(C(C)(C)C)c(O)c(C(C)(C)C)c2)O3)cc(C(C)(C)C)c1O. The Bertz CT molecular complexity index is 1670. The topological polar surface area (TPSA) is 115 Å². The first-order valence-corrected chi connectivity index (χ1v) is 21.0. The molecule has 2 aliphatic heterocycles. The minimum atomic E-state index is -0.808. The number of nitrogens with zero attached hydrogens (tertiary/aromatic N) is 1. The molecule has 2 aromatic rings. The summed E-state index contributed by atoms with van der Waals surface area (Å²) >= 11 is 0. The molecule has 2 N–H and O–H groups in total. The summed E-state index contributed by atoms with van der Waals surface area (Å²) in [4.78, 5) is 28.4. The van der Waals surface area contributed by atoms with Gasteiger partial charge >= 0.3 is 11.9 Å². The van der Waals surface area contributed by atoms with Crippen LogP contribution in [0.4, 0.5) is 0 Å². The van der Waals surface area contributed by atoms with E-state index in [-0.39, 0.29) is 76.8 Å². The third kappa shape index (κ3) is 11.5. The first-order valence-electron chi connectivity index (χ1n) is 21.0. The lowest BCUT2D eigenvalue weighted by Crippen LogP contribution is -2.66. The van der Waals surface area contributed by atoms with E-state index in [1.807, 2.05) is 24.3 Å². The molecule has 57 heavy (non-hydrogen) atoms. The lowest BCUT2D eigenvalue weighted by Gasteiger charge is -2.57. The summed E-state index contributed by atoms with van der Waals surface area (Å²) in [7, 11) is 0. The van der Waals surface area contributed by atoms with Gasteiger partial charge in [0, 0.05) is 43.3 Å². The highest BCUT2D eigenvalue weighted by molar-refractivity contribution is 5.70. The van der Waals surface area contributed by atoms with Crippen molar-refractivity contribution in [2.45, 2.75) is 194 Å². The predicted octanol–water partition coefficient (Wildman–Crippen LogP) is 9.70. The Balaban J connectivity index is 1.29. The summed E-state index contributed by atoms with van der Waals surface area (Å²) in [6, 6.07) is 8.08. The first-order chi connectivity index (χ1) is 25.8. The van der Waals surface area contributed by atoms with Gasteiger partial charge in [-0.05, 0) is 95.6 Å². The van der Waals surface area contributed by atoms with Gasteiger partial charge in [-0.25, -0.2) is 0 Å². The number of aromatic hydroxyl groups is 2. The number of aryl methyl sites for hydroxylation is 2.